The number of hydrogen-bond acceptors (Lipinski definition) is 4. The van der Waals surface area contributed by atoms with E-state index in [-0.39, 0.29) is 24.0 Å². The molecule has 2 aromatic rings. The van der Waals surface area contributed by atoms with E-state index >= 15 is 0 Å². The molecule has 5 nitrogen and oxygen atoms in total. The van der Waals surface area contributed by atoms with E-state index in [1.807, 2.05) is 13.8 Å². The Morgan fingerprint density at radius 2 is 1.85 bits per heavy atom. The third-order valence-corrected chi connectivity index (χ3v) is 4.83. The first-order valence-corrected chi connectivity index (χ1v) is 9.47. The first-order chi connectivity index (χ1) is 12.0. The fourth-order valence-corrected chi connectivity index (χ4v) is 3.42. The van der Waals surface area contributed by atoms with Crippen molar-refractivity contribution in [1.82, 2.24) is 15.6 Å². The number of hydrogen-bond donors (Lipinski definition) is 2. The Bertz CT molecular complexity index is 710. The number of aromatic nitrogens is 1. The number of rotatable bonds is 7. The van der Waals surface area contributed by atoms with Crippen LogP contribution in [-0.2, 0) is 6.54 Å². The van der Waals surface area contributed by atoms with Gasteiger partial charge in [-0.15, -0.1) is 35.3 Å². The molecule has 0 amide bonds. The Morgan fingerprint density at radius 3 is 2.42 bits per heavy atom. The lowest BCUT2D eigenvalue weighted by Gasteiger charge is -2.14. The minimum atomic E-state index is 0. The van der Waals surface area contributed by atoms with Gasteiger partial charge in [0.2, 0.25) is 0 Å². The highest BCUT2D eigenvalue weighted by molar-refractivity contribution is 14.0. The summed E-state index contributed by atoms with van der Waals surface area (Å²) in [6.45, 7) is 13.0. The molecule has 0 fully saturated rings. The van der Waals surface area contributed by atoms with Gasteiger partial charge >= 0.3 is 0 Å². The van der Waals surface area contributed by atoms with Gasteiger partial charge in [0.25, 0.3) is 0 Å². The minimum absolute atomic E-state index is 0. The lowest BCUT2D eigenvalue weighted by atomic mass is 10.1. The fraction of sp³-hybridized carbons (Fsp3) is 0.474. The molecule has 0 aliphatic heterocycles. The third kappa shape index (κ3) is 6.75. The topological polar surface area (TPSA) is 58.5 Å². The maximum Gasteiger partial charge on any atom is 0.191 e. The van der Waals surface area contributed by atoms with Crippen LogP contribution in [-0.4, -0.2) is 30.6 Å². The Balaban J connectivity index is 0.00000338. The smallest absolute Gasteiger partial charge is 0.191 e. The van der Waals surface area contributed by atoms with E-state index in [0.717, 1.165) is 40.1 Å². The molecule has 0 spiro atoms. The summed E-state index contributed by atoms with van der Waals surface area (Å²) in [7, 11) is 0. The zero-order valence-electron chi connectivity index (χ0n) is 16.2. The van der Waals surface area contributed by atoms with Crippen LogP contribution in [0.2, 0.25) is 0 Å². The maximum atomic E-state index is 5.93. The molecule has 2 N–H and O–H groups in total. The second kappa shape index (κ2) is 11.4. The number of thiazole rings is 1. The molecule has 144 valence electrons. The van der Waals surface area contributed by atoms with Gasteiger partial charge in [-0.3, -0.25) is 0 Å². The summed E-state index contributed by atoms with van der Waals surface area (Å²) in [4.78, 5) is 10.3. The number of aliphatic imine (C=N–C) groups is 1. The number of nitrogens with one attached hydrogen (secondary N) is 2. The van der Waals surface area contributed by atoms with E-state index in [4.69, 9.17) is 4.74 Å². The SMILES string of the molecule is CCNC(=NCc1sc(C)nc1C)NCCOc1c(C)cccc1C.I. The van der Waals surface area contributed by atoms with E-state index in [0.29, 0.717) is 19.7 Å². The molecule has 1 aromatic carbocycles. The standard InChI is InChI=1S/C19H28N4OS.HI/c1-6-20-19(22-12-17-15(4)23-16(5)25-17)21-10-11-24-18-13(2)8-7-9-14(18)3;/h7-9H,6,10-12H2,1-5H3,(H2,20,21,22);1H. The molecule has 26 heavy (non-hydrogen) atoms. The van der Waals surface area contributed by atoms with Crippen molar-refractivity contribution in [2.45, 2.75) is 41.2 Å². The summed E-state index contributed by atoms with van der Waals surface area (Å²) >= 11 is 1.70. The second-order valence-corrected chi connectivity index (χ2v) is 7.22. The molecule has 0 saturated heterocycles. The minimum Gasteiger partial charge on any atom is -0.491 e. The number of aryl methyl sites for hydroxylation is 4. The number of nitrogens with zero attached hydrogens (tertiary/aromatic N) is 2. The van der Waals surface area contributed by atoms with Crippen LogP contribution in [0, 0.1) is 27.7 Å². The van der Waals surface area contributed by atoms with Crippen molar-refractivity contribution in [2.24, 2.45) is 4.99 Å². The quantitative estimate of drug-likeness (QED) is 0.266. The maximum absolute atomic E-state index is 5.93. The molecule has 0 saturated carbocycles. The van der Waals surface area contributed by atoms with Crippen LogP contribution in [0.5, 0.6) is 5.75 Å². The number of para-hydroxylation sites is 1. The highest BCUT2D eigenvalue weighted by Gasteiger charge is 2.06. The van der Waals surface area contributed by atoms with Gasteiger partial charge in [-0.25, -0.2) is 9.98 Å². The van der Waals surface area contributed by atoms with Crippen molar-refractivity contribution < 1.29 is 4.74 Å². The van der Waals surface area contributed by atoms with E-state index in [1.54, 1.807) is 11.3 Å². The largest absolute Gasteiger partial charge is 0.491 e. The first kappa shape index (κ1) is 22.7. The summed E-state index contributed by atoms with van der Waals surface area (Å²) < 4.78 is 5.93. The van der Waals surface area contributed by atoms with Gasteiger partial charge in [0.15, 0.2) is 5.96 Å². The van der Waals surface area contributed by atoms with Gasteiger partial charge in [0, 0.05) is 11.4 Å². The van der Waals surface area contributed by atoms with Crippen LogP contribution in [0.1, 0.15) is 33.6 Å². The molecule has 0 radical (unpaired) electrons. The van der Waals surface area contributed by atoms with Gasteiger partial charge in [0.1, 0.15) is 12.4 Å². The van der Waals surface area contributed by atoms with Gasteiger partial charge in [-0.2, -0.15) is 0 Å². The molecule has 7 heteroatoms. The highest BCUT2D eigenvalue weighted by Crippen LogP contribution is 2.22. The first-order valence-electron chi connectivity index (χ1n) is 8.65. The summed E-state index contributed by atoms with van der Waals surface area (Å²) in [5.41, 5.74) is 3.40. The molecule has 0 aliphatic carbocycles. The van der Waals surface area contributed by atoms with Gasteiger partial charge in [-0.05, 0) is 45.7 Å². The van der Waals surface area contributed by atoms with Crippen molar-refractivity contribution in [1.29, 1.82) is 0 Å². The van der Waals surface area contributed by atoms with Crippen LogP contribution in [0.25, 0.3) is 0 Å². The van der Waals surface area contributed by atoms with Gasteiger partial charge in [-0.1, -0.05) is 18.2 Å². The van der Waals surface area contributed by atoms with E-state index < -0.39 is 0 Å². The van der Waals surface area contributed by atoms with Crippen molar-refractivity contribution in [3.05, 3.63) is 44.9 Å². The normalized spacial score (nSPS) is 11.0. The molecule has 1 aromatic heterocycles. The number of benzene rings is 1. The van der Waals surface area contributed by atoms with Crippen molar-refractivity contribution in [2.75, 3.05) is 19.7 Å². The van der Waals surface area contributed by atoms with Crippen molar-refractivity contribution in [3.8, 4) is 5.75 Å². The Kier molecular flexibility index (Phi) is 9.93. The molecule has 1 heterocycles. The zero-order valence-corrected chi connectivity index (χ0v) is 19.3. The Hall–Kier alpha value is -1.35. The Labute approximate surface area is 177 Å². The fourth-order valence-electron chi connectivity index (χ4n) is 2.56. The van der Waals surface area contributed by atoms with E-state index in [2.05, 4.69) is 59.6 Å². The molecule has 0 atom stereocenters. The lowest BCUT2D eigenvalue weighted by molar-refractivity contribution is 0.317. The summed E-state index contributed by atoms with van der Waals surface area (Å²) in [6.07, 6.45) is 0. The average Bonchev–Trinajstić information content (AvgIpc) is 2.89. The van der Waals surface area contributed by atoms with Crippen LogP contribution in [0.4, 0.5) is 0 Å². The molecular formula is C19H29IN4OS. The summed E-state index contributed by atoms with van der Waals surface area (Å²) in [6, 6.07) is 6.19. The molecule has 2 rings (SSSR count). The number of ether oxygens (including phenoxy) is 1. The van der Waals surface area contributed by atoms with Crippen LogP contribution >= 0.6 is 35.3 Å². The number of halogens is 1. The second-order valence-electron chi connectivity index (χ2n) is 5.93. The molecule has 0 bridgehead atoms. The highest BCUT2D eigenvalue weighted by atomic mass is 127. The molecular weight excluding hydrogens is 459 g/mol. The predicted molar refractivity (Wildman–Crippen MR) is 121 cm³/mol. The molecule has 0 aliphatic rings. The van der Waals surface area contributed by atoms with Crippen molar-refractivity contribution >= 4 is 41.3 Å². The van der Waals surface area contributed by atoms with Crippen LogP contribution < -0.4 is 15.4 Å². The summed E-state index contributed by atoms with van der Waals surface area (Å²) in [5, 5.41) is 7.68. The monoisotopic (exact) mass is 488 g/mol. The van der Waals surface area contributed by atoms with Gasteiger partial charge in [0.05, 0.1) is 23.8 Å². The lowest BCUT2D eigenvalue weighted by Crippen LogP contribution is -2.39. The zero-order chi connectivity index (χ0) is 18.2. The van der Waals surface area contributed by atoms with E-state index in [9.17, 15) is 0 Å². The average molecular weight is 488 g/mol. The third-order valence-electron chi connectivity index (χ3n) is 3.77. The number of guanidine groups is 1. The predicted octanol–water partition coefficient (Wildman–Crippen LogP) is 4.13. The molecule has 0 unspecified atom stereocenters. The van der Waals surface area contributed by atoms with Crippen LogP contribution in [0.3, 0.4) is 0 Å². The van der Waals surface area contributed by atoms with Crippen molar-refractivity contribution in [3.63, 3.8) is 0 Å². The van der Waals surface area contributed by atoms with Crippen LogP contribution in [0.15, 0.2) is 23.2 Å². The van der Waals surface area contributed by atoms with E-state index in [1.165, 1.54) is 4.88 Å². The summed E-state index contributed by atoms with van der Waals surface area (Å²) in [5.74, 6) is 1.78. The Morgan fingerprint density at radius 1 is 1.15 bits per heavy atom. The van der Waals surface area contributed by atoms with Gasteiger partial charge < -0.3 is 15.4 Å².